The zero-order valence-electron chi connectivity index (χ0n) is 30.0. The highest BCUT2D eigenvalue weighted by Crippen LogP contribution is 2.49. The molecule has 1 amide bonds. The second kappa shape index (κ2) is 14.6. The van der Waals surface area contributed by atoms with Gasteiger partial charge >= 0.3 is 0 Å². The molecule has 2 fully saturated rings. The molecule has 2 aliphatic carbocycles. The fourth-order valence-electron chi connectivity index (χ4n) is 9.24. The number of nitrogens with zero attached hydrogens (tertiary/aromatic N) is 2. The Kier molecular flexibility index (Phi) is 10.5. The number of carbonyl (C=O) groups excluding carboxylic acids is 1. The zero-order chi connectivity index (χ0) is 35.2. The molecule has 0 unspecified atom stereocenters. The van der Waals surface area contributed by atoms with Crippen molar-refractivity contribution < 1.29 is 27.4 Å². The predicted molar refractivity (Wildman–Crippen MR) is 197 cm³/mol. The molecule has 3 heterocycles. The minimum absolute atomic E-state index is 0.123. The van der Waals surface area contributed by atoms with Gasteiger partial charge in [0, 0.05) is 35.0 Å². The summed E-state index contributed by atoms with van der Waals surface area (Å²) in [4.78, 5) is 18.3. The van der Waals surface area contributed by atoms with Crippen LogP contribution in [0, 0.1) is 23.7 Å². The lowest BCUT2D eigenvalue weighted by atomic mass is 9.64. The average molecular weight is 728 g/mol. The van der Waals surface area contributed by atoms with E-state index in [9.17, 15) is 13.2 Å². The van der Waals surface area contributed by atoms with E-state index in [2.05, 4.69) is 40.6 Å². The van der Waals surface area contributed by atoms with Crippen molar-refractivity contribution in [3.8, 4) is 5.75 Å². The van der Waals surface area contributed by atoms with Gasteiger partial charge in [0.05, 0.1) is 36.8 Å². The molecule has 9 nitrogen and oxygen atoms in total. The number of nitrogens with one attached hydrogen (secondary N) is 1. The molecule has 5 aliphatic rings. The highest BCUT2D eigenvalue weighted by atomic mass is 35.5. The van der Waals surface area contributed by atoms with Crippen LogP contribution in [0.5, 0.6) is 5.75 Å². The molecule has 1 saturated heterocycles. The molecule has 1 N–H and O–H groups in total. The first kappa shape index (κ1) is 36.0. The van der Waals surface area contributed by atoms with Crippen molar-refractivity contribution in [3.05, 3.63) is 58.1 Å². The smallest absolute Gasteiger partial charge is 0.264 e. The van der Waals surface area contributed by atoms with Crippen molar-refractivity contribution in [2.45, 2.75) is 95.1 Å². The van der Waals surface area contributed by atoms with Gasteiger partial charge in [0.1, 0.15) is 5.75 Å². The summed E-state index contributed by atoms with van der Waals surface area (Å²) in [5, 5.41) is 0.0308. The van der Waals surface area contributed by atoms with Gasteiger partial charge in [-0.15, -0.1) is 0 Å². The Hall–Kier alpha value is -2.37. The van der Waals surface area contributed by atoms with E-state index in [0.29, 0.717) is 37.2 Å². The van der Waals surface area contributed by atoms with E-state index in [1.54, 1.807) is 13.0 Å². The second-order valence-electron chi connectivity index (χ2n) is 15.8. The zero-order valence-corrected chi connectivity index (χ0v) is 31.6. The largest absolute Gasteiger partial charge is 0.490 e. The van der Waals surface area contributed by atoms with Gasteiger partial charge < -0.3 is 19.1 Å². The van der Waals surface area contributed by atoms with Crippen molar-refractivity contribution in [2.75, 3.05) is 51.4 Å². The average Bonchev–Trinajstić information content (AvgIpc) is 3.25. The fourth-order valence-corrected chi connectivity index (χ4v) is 10.7. The Morgan fingerprint density at radius 2 is 1.82 bits per heavy atom. The van der Waals surface area contributed by atoms with Crippen LogP contribution in [0.15, 0.2) is 36.4 Å². The predicted octanol–water partition coefficient (Wildman–Crippen LogP) is 6.42. The second-order valence-corrected chi connectivity index (χ2v) is 18.3. The number of fused-ring (bicyclic) bond motifs is 4. The van der Waals surface area contributed by atoms with E-state index in [1.165, 1.54) is 11.1 Å². The van der Waals surface area contributed by atoms with Gasteiger partial charge in [0.2, 0.25) is 10.0 Å². The molecule has 6 atom stereocenters. The van der Waals surface area contributed by atoms with E-state index < -0.39 is 21.2 Å². The first-order chi connectivity index (χ1) is 24.0. The number of sulfonamides is 1. The Balaban J connectivity index is 1.25. The standard InChI is InChI=1S/C39H54ClN3O6S/c1-5-42(4)31-21-47-38(48-22-31)33-10-6-8-25(2)26(3)50(45,46)41-37(44)28-12-16-36-35(19-28)43(20-29-11-14-32(29)33)23-39(24-49-36)17-7-9-27-18-30(40)13-15-34(27)39/h12-13,15-16,18-19,25-26,29,31-33,38H,5-11,14,17,20-24H2,1-4H3,(H,41,44)/t25-,26+,29-,31-,32+,33+,38+,39-/m0/s1. The number of likely N-dealkylation sites (N-methyl/N-ethyl adjacent to an activating group) is 1. The van der Waals surface area contributed by atoms with Crippen LogP contribution >= 0.6 is 11.6 Å². The maximum atomic E-state index is 13.6. The summed E-state index contributed by atoms with van der Waals surface area (Å²) in [5.74, 6) is 1.05. The molecule has 0 aromatic heterocycles. The molecule has 1 spiro atoms. The first-order valence-corrected chi connectivity index (χ1v) is 20.7. The quantitative estimate of drug-likeness (QED) is 0.387. The lowest BCUT2D eigenvalue weighted by molar-refractivity contribution is -0.241. The molecule has 7 rings (SSSR count). The lowest BCUT2D eigenvalue weighted by Gasteiger charge is -2.49. The Morgan fingerprint density at radius 1 is 1.02 bits per heavy atom. The van der Waals surface area contributed by atoms with Crippen molar-refractivity contribution in [2.24, 2.45) is 23.7 Å². The van der Waals surface area contributed by atoms with Gasteiger partial charge in [0.15, 0.2) is 6.29 Å². The molecular formula is C39H54ClN3O6S. The van der Waals surface area contributed by atoms with E-state index >= 15 is 0 Å². The van der Waals surface area contributed by atoms with E-state index in [-0.39, 0.29) is 29.6 Å². The number of ether oxygens (including phenoxy) is 3. The SMILES string of the molecule is CCN(C)[C@H]1CO[C@@H]([C@@H]2CCC[C@H](C)[C@@H](C)S(=O)(=O)NC(=O)c3ccc4c(c3)N(C[C@@H]3CC[C@H]32)C[C@@]2(CCCc3cc(Cl)ccc32)CO4)OC1. The van der Waals surface area contributed by atoms with Gasteiger partial charge in [-0.25, -0.2) is 13.1 Å². The summed E-state index contributed by atoms with van der Waals surface area (Å²) in [5.41, 5.74) is 3.49. The van der Waals surface area contributed by atoms with Gasteiger partial charge in [0.25, 0.3) is 5.91 Å². The number of aryl methyl sites for hydroxylation is 1. The van der Waals surface area contributed by atoms with E-state index in [4.69, 9.17) is 25.8 Å². The first-order valence-electron chi connectivity index (χ1n) is 18.8. The number of benzene rings is 2. The fraction of sp³-hybridized carbons (Fsp3) is 0.667. The Morgan fingerprint density at radius 3 is 2.56 bits per heavy atom. The summed E-state index contributed by atoms with van der Waals surface area (Å²) in [6.45, 7) is 10.2. The van der Waals surface area contributed by atoms with Crippen molar-refractivity contribution >= 4 is 33.2 Å². The third kappa shape index (κ3) is 7.04. The molecule has 0 radical (unpaired) electrons. The molecule has 11 heteroatoms. The van der Waals surface area contributed by atoms with Crippen LogP contribution in [0.2, 0.25) is 5.02 Å². The number of rotatable bonds is 3. The van der Waals surface area contributed by atoms with Crippen LogP contribution in [-0.2, 0) is 31.3 Å². The van der Waals surface area contributed by atoms with Crippen molar-refractivity contribution in [3.63, 3.8) is 0 Å². The third-order valence-corrected chi connectivity index (χ3v) is 15.0. The third-order valence-electron chi connectivity index (χ3n) is 12.9. The normalized spacial score (nSPS) is 34.5. The number of amides is 1. The Labute approximate surface area is 303 Å². The summed E-state index contributed by atoms with van der Waals surface area (Å²) in [6.07, 6.45) is 7.50. The van der Waals surface area contributed by atoms with Gasteiger partial charge in [-0.3, -0.25) is 9.69 Å². The number of anilines is 1. The molecule has 2 aromatic carbocycles. The van der Waals surface area contributed by atoms with Gasteiger partial charge in [-0.05, 0) is 125 Å². The maximum absolute atomic E-state index is 13.6. The summed E-state index contributed by atoms with van der Waals surface area (Å²) in [7, 11) is -1.79. The molecule has 3 aliphatic heterocycles. The number of hydrogen-bond acceptors (Lipinski definition) is 8. The minimum Gasteiger partial charge on any atom is -0.490 e. The van der Waals surface area contributed by atoms with E-state index in [0.717, 1.165) is 87.5 Å². The molecule has 1 saturated carbocycles. The van der Waals surface area contributed by atoms with Crippen LogP contribution in [0.4, 0.5) is 5.69 Å². The van der Waals surface area contributed by atoms with Crippen LogP contribution in [-0.4, -0.2) is 83.3 Å². The highest BCUT2D eigenvalue weighted by Gasteiger charge is 2.47. The van der Waals surface area contributed by atoms with Crippen LogP contribution < -0.4 is 14.4 Å². The van der Waals surface area contributed by atoms with Crippen molar-refractivity contribution in [1.82, 2.24) is 9.62 Å². The number of carbonyl (C=O) groups is 1. The number of halogens is 1. The highest BCUT2D eigenvalue weighted by molar-refractivity contribution is 7.90. The molecule has 2 bridgehead atoms. The van der Waals surface area contributed by atoms with Gasteiger partial charge in [-0.2, -0.15) is 0 Å². The number of hydrogen-bond donors (Lipinski definition) is 1. The summed E-state index contributed by atoms with van der Waals surface area (Å²) < 4.78 is 49.2. The van der Waals surface area contributed by atoms with Crippen LogP contribution in [0.3, 0.4) is 0 Å². The minimum atomic E-state index is -3.91. The maximum Gasteiger partial charge on any atom is 0.264 e. The van der Waals surface area contributed by atoms with E-state index in [1.807, 2.05) is 25.1 Å². The summed E-state index contributed by atoms with van der Waals surface area (Å²) >= 11 is 6.48. The Bertz CT molecular complexity index is 1660. The lowest BCUT2D eigenvalue weighted by Crippen LogP contribution is -2.52. The van der Waals surface area contributed by atoms with Gasteiger partial charge in [-0.1, -0.05) is 37.9 Å². The molecule has 50 heavy (non-hydrogen) atoms. The van der Waals surface area contributed by atoms with Crippen LogP contribution in [0.1, 0.15) is 87.2 Å². The molecular weight excluding hydrogens is 674 g/mol. The monoisotopic (exact) mass is 727 g/mol. The molecule has 274 valence electrons. The molecule has 2 aromatic rings. The van der Waals surface area contributed by atoms with Crippen molar-refractivity contribution in [1.29, 1.82) is 0 Å². The topological polar surface area (TPSA) is 97.4 Å². The van der Waals surface area contributed by atoms with Crippen LogP contribution in [0.25, 0.3) is 0 Å². The summed E-state index contributed by atoms with van der Waals surface area (Å²) in [6, 6.07) is 11.9.